The van der Waals surface area contributed by atoms with Crippen LogP contribution in [0.15, 0.2) is 12.7 Å². The van der Waals surface area contributed by atoms with E-state index in [1.54, 1.807) is 24.0 Å². The SMILES string of the molecule is O=C(O)[C@H]1Cc2nc[nH]c2CN1c1ncnc2sc3c(c12)CCCC3. The van der Waals surface area contributed by atoms with Crippen LogP contribution in [-0.4, -0.2) is 37.1 Å². The number of aryl methyl sites for hydroxylation is 2. The molecule has 1 atom stereocenters. The zero-order valence-electron chi connectivity index (χ0n) is 13.5. The van der Waals surface area contributed by atoms with Crippen LogP contribution in [0.1, 0.15) is 34.7 Å². The third-order valence-electron chi connectivity index (χ3n) is 5.19. The van der Waals surface area contributed by atoms with Gasteiger partial charge < -0.3 is 15.0 Å². The van der Waals surface area contributed by atoms with Crippen LogP contribution in [0.3, 0.4) is 0 Å². The quantitative estimate of drug-likeness (QED) is 0.732. The molecule has 1 aliphatic carbocycles. The van der Waals surface area contributed by atoms with Gasteiger partial charge in [-0.3, -0.25) is 0 Å². The number of carboxylic acids is 1. The summed E-state index contributed by atoms with van der Waals surface area (Å²) in [6.45, 7) is 0.475. The Morgan fingerprint density at radius 1 is 1.28 bits per heavy atom. The molecule has 0 saturated heterocycles. The van der Waals surface area contributed by atoms with Gasteiger partial charge in [0.15, 0.2) is 0 Å². The first-order chi connectivity index (χ1) is 12.2. The predicted octanol–water partition coefficient (Wildman–Crippen LogP) is 2.31. The Hall–Kier alpha value is -2.48. The molecule has 1 aliphatic heterocycles. The summed E-state index contributed by atoms with van der Waals surface area (Å²) < 4.78 is 0. The van der Waals surface area contributed by atoms with Gasteiger partial charge >= 0.3 is 5.97 Å². The highest BCUT2D eigenvalue weighted by Gasteiger charge is 2.35. The van der Waals surface area contributed by atoms with Crippen molar-refractivity contribution in [3.05, 3.63) is 34.5 Å². The number of aliphatic carboxylic acids is 1. The molecule has 2 aliphatic rings. The first kappa shape index (κ1) is 14.8. The second kappa shape index (κ2) is 5.52. The number of nitrogens with one attached hydrogen (secondary N) is 1. The largest absolute Gasteiger partial charge is 0.480 e. The lowest BCUT2D eigenvalue weighted by atomic mass is 9.96. The van der Waals surface area contributed by atoms with Gasteiger partial charge in [0.05, 0.1) is 29.6 Å². The summed E-state index contributed by atoms with van der Waals surface area (Å²) >= 11 is 1.73. The Balaban J connectivity index is 1.69. The highest BCUT2D eigenvalue weighted by atomic mass is 32.1. The van der Waals surface area contributed by atoms with Gasteiger partial charge in [-0.2, -0.15) is 0 Å². The minimum Gasteiger partial charge on any atom is -0.480 e. The van der Waals surface area contributed by atoms with Gasteiger partial charge in [0.25, 0.3) is 0 Å². The van der Waals surface area contributed by atoms with Crippen molar-refractivity contribution in [2.45, 2.75) is 44.7 Å². The molecule has 0 fully saturated rings. The highest BCUT2D eigenvalue weighted by Crippen LogP contribution is 2.40. The predicted molar refractivity (Wildman–Crippen MR) is 94.0 cm³/mol. The van der Waals surface area contributed by atoms with E-state index in [1.165, 1.54) is 23.3 Å². The molecule has 8 heteroatoms. The van der Waals surface area contributed by atoms with E-state index in [0.29, 0.717) is 13.0 Å². The minimum absolute atomic E-state index is 0.381. The van der Waals surface area contributed by atoms with E-state index >= 15 is 0 Å². The van der Waals surface area contributed by atoms with Gasteiger partial charge in [0, 0.05) is 11.3 Å². The fourth-order valence-electron chi connectivity index (χ4n) is 3.97. The Bertz CT molecular complexity index is 979. The molecule has 0 unspecified atom stereocenters. The molecule has 128 valence electrons. The summed E-state index contributed by atoms with van der Waals surface area (Å²) in [7, 11) is 0. The van der Waals surface area contributed by atoms with Gasteiger partial charge in [-0.25, -0.2) is 19.7 Å². The number of nitrogens with zero attached hydrogens (tertiary/aromatic N) is 4. The van der Waals surface area contributed by atoms with Crippen molar-refractivity contribution < 1.29 is 9.90 Å². The number of imidazole rings is 1. The maximum atomic E-state index is 11.9. The van der Waals surface area contributed by atoms with Crippen molar-refractivity contribution in [3.63, 3.8) is 0 Å². The highest BCUT2D eigenvalue weighted by molar-refractivity contribution is 7.19. The van der Waals surface area contributed by atoms with Crippen LogP contribution in [0.2, 0.25) is 0 Å². The summed E-state index contributed by atoms with van der Waals surface area (Å²) in [5.41, 5.74) is 3.12. The topological polar surface area (TPSA) is 95.0 Å². The molecular formula is C17H17N5O2S. The molecule has 0 radical (unpaired) electrons. The number of carbonyl (C=O) groups is 1. The van der Waals surface area contributed by atoms with Crippen LogP contribution < -0.4 is 4.90 Å². The number of hydrogen-bond acceptors (Lipinski definition) is 6. The molecular weight excluding hydrogens is 338 g/mol. The normalized spacial score (nSPS) is 19.7. The molecule has 0 saturated carbocycles. The summed E-state index contributed by atoms with van der Waals surface area (Å²) in [5, 5.41) is 10.8. The zero-order valence-corrected chi connectivity index (χ0v) is 14.3. The number of fused-ring (bicyclic) bond motifs is 4. The monoisotopic (exact) mass is 355 g/mol. The van der Waals surface area contributed by atoms with E-state index < -0.39 is 12.0 Å². The van der Waals surface area contributed by atoms with Crippen LogP contribution in [0.4, 0.5) is 5.82 Å². The maximum absolute atomic E-state index is 11.9. The summed E-state index contributed by atoms with van der Waals surface area (Å²) in [5.74, 6) is -0.0958. The van der Waals surface area contributed by atoms with Crippen molar-refractivity contribution >= 4 is 33.3 Å². The Kier molecular flexibility index (Phi) is 3.27. The Labute approximate surface area is 147 Å². The molecule has 2 N–H and O–H groups in total. The van der Waals surface area contributed by atoms with Crippen LogP contribution >= 0.6 is 11.3 Å². The molecule has 7 nitrogen and oxygen atoms in total. The third-order valence-corrected chi connectivity index (χ3v) is 6.39. The number of carboxylic acid groups (broad SMARTS) is 1. The number of H-pyrrole nitrogens is 1. The van der Waals surface area contributed by atoms with Gasteiger partial charge in [0.1, 0.15) is 23.0 Å². The fraction of sp³-hybridized carbons (Fsp3) is 0.412. The number of rotatable bonds is 2. The zero-order chi connectivity index (χ0) is 17.0. The third kappa shape index (κ3) is 2.24. The number of aromatic amines is 1. The van der Waals surface area contributed by atoms with E-state index in [0.717, 1.165) is 40.3 Å². The first-order valence-electron chi connectivity index (χ1n) is 8.48. The van der Waals surface area contributed by atoms with Crippen LogP contribution in [-0.2, 0) is 30.6 Å². The van der Waals surface area contributed by atoms with Crippen LogP contribution in [0.5, 0.6) is 0 Å². The summed E-state index contributed by atoms with van der Waals surface area (Å²) in [4.78, 5) is 32.5. The molecule has 0 bridgehead atoms. The van der Waals surface area contributed by atoms with Crippen LogP contribution in [0.25, 0.3) is 10.2 Å². The molecule has 3 aromatic rings. The van der Waals surface area contributed by atoms with E-state index in [2.05, 4.69) is 19.9 Å². The second-order valence-corrected chi connectivity index (χ2v) is 7.69. The molecule has 0 amide bonds. The average Bonchev–Trinajstić information content (AvgIpc) is 3.23. The lowest BCUT2D eigenvalue weighted by Crippen LogP contribution is -2.46. The Morgan fingerprint density at radius 3 is 3.04 bits per heavy atom. The molecule has 5 rings (SSSR count). The average molecular weight is 355 g/mol. The minimum atomic E-state index is -0.843. The Morgan fingerprint density at radius 2 is 2.16 bits per heavy atom. The smallest absolute Gasteiger partial charge is 0.326 e. The number of aromatic nitrogens is 4. The molecule has 0 aromatic carbocycles. The molecule has 0 spiro atoms. The van der Waals surface area contributed by atoms with E-state index in [4.69, 9.17) is 0 Å². The fourth-order valence-corrected chi connectivity index (χ4v) is 5.19. The van der Waals surface area contributed by atoms with E-state index in [1.807, 2.05) is 4.90 Å². The van der Waals surface area contributed by atoms with Gasteiger partial charge in [0.2, 0.25) is 0 Å². The van der Waals surface area contributed by atoms with Gasteiger partial charge in [-0.05, 0) is 31.2 Å². The van der Waals surface area contributed by atoms with Gasteiger partial charge in [-0.15, -0.1) is 11.3 Å². The lowest BCUT2D eigenvalue weighted by molar-refractivity contribution is -0.138. The van der Waals surface area contributed by atoms with Crippen molar-refractivity contribution in [3.8, 4) is 0 Å². The number of thiophene rings is 1. The number of anilines is 1. The maximum Gasteiger partial charge on any atom is 0.326 e. The summed E-state index contributed by atoms with van der Waals surface area (Å²) in [6.07, 6.45) is 8.06. The number of hydrogen-bond donors (Lipinski definition) is 2. The first-order valence-corrected chi connectivity index (χ1v) is 9.30. The lowest BCUT2D eigenvalue weighted by Gasteiger charge is -2.33. The molecule has 3 aromatic heterocycles. The standard InChI is InChI=1S/C17H17N5O2S/c23-17(24)12-5-10-11(19-7-18-10)6-22(12)15-14-9-3-1-2-4-13(9)25-16(14)21-8-20-15/h7-8,12H,1-6H2,(H,18,19)(H,23,24)/t12-/m1/s1. The molecule has 4 heterocycles. The van der Waals surface area contributed by atoms with E-state index in [9.17, 15) is 9.90 Å². The second-order valence-electron chi connectivity index (χ2n) is 6.60. The van der Waals surface area contributed by atoms with Gasteiger partial charge in [-0.1, -0.05) is 0 Å². The van der Waals surface area contributed by atoms with Crippen molar-refractivity contribution in [1.29, 1.82) is 0 Å². The van der Waals surface area contributed by atoms with Crippen molar-refractivity contribution in [2.24, 2.45) is 0 Å². The van der Waals surface area contributed by atoms with E-state index in [-0.39, 0.29) is 0 Å². The van der Waals surface area contributed by atoms with Crippen molar-refractivity contribution in [1.82, 2.24) is 19.9 Å². The summed E-state index contributed by atoms with van der Waals surface area (Å²) in [6, 6.07) is -0.659. The van der Waals surface area contributed by atoms with Crippen molar-refractivity contribution in [2.75, 3.05) is 4.90 Å². The van der Waals surface area contributed by atoms with Crippen LogP contribution in [0, 0.1) is 0 Å². The molecule has 25 heavy (non-hydrogen) atoms.